The molecule has 4 rings (SSSR count). The van der Waals surface area contributed by atoms with Crippen LogP contribution < -0.4 is 36.8 Å². The van der Waals surface area contributed by atoms with E-state index in [2.05, 4.69) is 43.9 Å². The van der Waals surface area contributed by atoms with Crippen molar-refractivity contribution in [3.05, 3.63) is 95.1 Å². The molecule has 0 radical (unpaired) electrons. The molecule has 3 aromatic rings. The van der Waals surface area contributed by atoms with Gasteiger partial charge in [0.15, 0.2) is 0 Å². The van der Waals surface area contributed by atoms with Gasteiger partial charge in [0.1, 0.15) is 17.8 Å². The van der Waals surface area contributed by atoms with Crippen LogP contribution in [0.3, 0.4) is 0 Å². The Kier molecular flexibility index (Phi) is 16.2. The molecule has 0 fully saturated rings. The molecule has 3 atom stereocenters. The second-order valence-corrected chi connectivity index (χ2v) is 14.4. The maximum atomic E-state index is 13.8. The van der Waals surface area contributed by atoms with E-state index in [9.17, 15) is 33.9 Å². The molecule has 1 aliphatic rings. The Morgan fingerprint density at radius 2 is 1.41 bits per heavy atom. The molecule has 0 aliphatic carbocycles. The maximum Gasteiger partial charge on any atom is 0.246 e. The van der Waals surface area contributed by atoms with E-state index in [1.165, 1.54) is 6.92 Å². The number of anilines is 2. The highest BCUT2D eigenvalue weighted by atomic mass is 16.3. The SMILES string of the molecule is CCC(C)N/C1=C(\N=N)c2ccccc2N(C(=O)CCC(=O)NCC(=O)NCC(=O)N[C@H](C(=O)N[C@@H](C)C(=O)Nc2ccc(CO)cc2)C(C)C)Cc2ccccc21. The number of aliphatic hydroxyl groups is 1. The monoisotopic (exact) mass is 795 g/mol. The van der Waals surface area contributed by atoms with E-state index in [1.54, 1.807) is 55.1 Å². The lowest BCUT2D eigenvalue weighted by Crippen LogP contribution is -2.55. The van der Waals surface area contributed by atoms with E-state index >= 15 is 0 Å². The second kappa shape index (κ2) is 21.2. The largest absolute Gasteiger partial charge is 0.392 e. The van der Waals surface area contributed by atoms with E-state index in [-0.39, 0.29) is 43.9 Å². The molecule has 308 valence electrons. The number of hydrogen-bond acceptors (Lipinski definition) is 10. The van der Waals surface area contributed by atoms with E-state index in [1.807, 2.05) is 43.3 Å². The van der Waals surface area contributed by atoms with Gasteiger partial charge in [-0.3, -0.25) is 28.8 Å². The summed E-state index contributed by atoms with van der Waals surface area (Å²) in [5, 5.41) is 29.4. The van der Waals surface area contributed by atoms with Crippen molar-refractivity contribution in [2.75, 3.05) is 23.3 Å². The predicted molar refractivity (Wildman–Crippen MR) is 220 cm³/mol. The third-order valence-electron chi connectivity index (χ3n) is 9.60. The van der Waals surface area contributed by atoms with Crippen molar-refractivity contribution in [1.29, 1.82) is 5.53 Å². The van der Waals surface area contributed by atoms with Crippen LogP contribution in [0.25, 0.3) is 11.4 Å². The number of carbonyl (C=O) groups is 6. The number of para-hydroxylation sites is 1. The first-order valence-electron chi connectivity index (χ1n) is 19.3. The summed E-state index contributed by atoms with van der Waals surface area (Å²) in [5.74, 6) is -3.64. The number of benzene rings is 3. The van der Waals surface area contributed by atoms with Gasteiger partial charge in [-0.05, 0) is 55.5 Å². The zero-order valence-electron chi connectivity index (χ0n) is 33.5. The molecule has 0 aromatic heterocycles. The second-order valence-electron chi connectivity index (χ2n) is 14.4. The fourth-order valence-electron chi connectivity index (χ4n) is 6.10. The van der Waals surface area contributed by atoms with E-state index < -0.39 is 54.7 Å². The number of carbonyl (C=O) groups excluding carboxylic acids is 6. The summed E-state index contributed by atoms with van der Waals surface area (Å²) >= 11 is 0. The summed E-state index contributed by atoms with van der Waals surface area (Å²) in [6, 6.07) is 19.5. The Bertz CT molecular complexity index is 2020. The van der Waals surface area contributed by atoms with Crippen molar-refractivity contribution >= 4 is 58.2 Å². The van der Waals surface area contributed by atoms with E-state index in [0.717, 1.165) is 17.5 Å². The highest BCUT2D eigenvalue weighted by molar-refractivity contribution is 6.02. The summed E-state index contributed by atoms with van der Waals surface area (Å²) in [5.41, 5.74) is 13.2. The van der Waals surface area contributed by atoms with Gasteiger partial charge >= 0.3 is 0 Å². The molecule has 58 heavy (non-hydrogen) atoms. The van der Waals surface area contributed by atoms with Gasteiger partial charge in [0.2, 0.25) is 35.4 Å². The number of fused-ring (bicyclic) bond motifs is 2. The van der Waals surface area contributed by atoms with E-state index in [4.69, 9.17) is 5.53 Å². The van der Waals surface area contributed by atoms with Crippen LogP contribution >= 0.6 is 0 Å². The third-order valence-corrected chi connectivity index (χ3v) is 9.60. The lowest BCUT2D eigenvalue weighted by atomic mass is 9.95. The summed E-state index contributed by atoms with van der Waals surface area (Å²) in [4.78, 5) is 79.1. The van der Waals surface area contributed by atoms with Crippen LogP contribution in [0.15, 0.2) is 77.9 Å². The molecular formula is C42H53N9O7. The Morgan fingerprint density at radius 3 is 2.07 bits per heavy atom. The molecule has 0 bridgehead atoms. The number of hydrogen-bond donors (Lipinski definition) is 8. The van der Waals surface area contributed by atoms with Gasteiger partial charge in [0.05, 0.1) is 37.6 Å². The van der Waals surface area contributed by atoms with Gasteiger partial charge in [-0.15, -0.1) is 0 Å². The lowest BCUT2D eigenvalue weighted by molar-refractivity contribution is -0.132. The molecule has 0 saturated heterocycles. The van der Waals surface area contributed by atoms with Crippen LogP contribution in [0, 0.1) is 11.4 Å². The molecule has 1 aliphatic heterocycles. The fourth-order valence-corrected chi connectivity index (χ4v) is 6.10. The summed E-state index contributed by atoms with van der Waals surface area (Å²) in [7, 11) is 0. The van der Waals surface area contributed by atoms with Crippen molar-refractivity contribution in [1.82, 2.24) is 26.6 Å². The number of rotatable bonds is 18. The molecule has 1 unspecified atom stereocenters. The first kappa shape index (κ1) is 44.3. The predicted octanol–water partition coefficient (Wildman–Crippen LogP) is 3.57. The van der Waals surface area contributed by atoms with Crippen LogP contribution in [0.1, 0.15) is 76.1 Å². The number of nitrogens with zero attached hydrogens (tertiary/aromatic N) is 2. The molecule has 8 N–H and O–H groups in total. The lowest BCUT2D eigenvalue weighted by Gasteiger charge is -2.31. The minimum Gasteiger partial charge on any atom is -0.392 e. The maximum absolute atomic E-state index is 13.8. The minimum atomic E-state index is -1.01. The molecular weight excluding hydrogens is 743 g/mol. The van der Waals surface area contributed by atoms with Crippen LogP contribution in [-0.2, 0) is 41.9 Å². The van der Waals surface area contributed by atoms with E-state index in [0.29, 0.717) is 33.9 Å². The molecule has 3 aromatic carbocycles. The molecule has 16 heteroatoms. The quantitative estimate of drug-likeness (QED) is 0.0885. The minimum absolute atomic E-state index is 0.0961. The van der Waals surface area contributed by atoms with Gasteiger partial charge in [0, 0.05) is 35.7 Å². The molecule has 1 heterocycles. The van der Waals surface area contributed by atoms with Gasteiger partial charge in [-0.2, -0.15) is 5.11 Å². The summed E-state index contributed by atoms with van der Waals surface area (Å²) in [6.07, 6.45) is 0.463. The Hall–Kier alpha value is -6.42. The molecule has 0 spiro atoms. The van der Waals surface area contributed by atoms with Crippen molar-refractivity contribution in [3.63, 3.8) is 0 Å². The first-order valence-corrected chi connectivity index (χ1v) is 19.3. The standard InChI is InChI=1S/C42H53N9O7/c1-6-26(4)46-39-31-12-8-7-11-29(31)23-51(33-14-10-9-13-32(33)40(39)50-43)37(56)20-19-34(53)44-21-35(54)45-22-36(55)49-38(25(2)3)42(58)47-27(5)41(57)48-30-17-15-28(24-52)16-18-30/h7-18,25-27,38,43,46,52H,6,19-24H2,1-5H3,(H,44,53)(H,45,54)(H,47,58)(H,48,57)(H,49,55)/b40-39-,50-43?/t26?,27-,38-/m0/s1. The van der Waals surface area contributed by atoms with Crippen molar-refractivity contribution in [2.45, 2.75) is 85.2 Å². The van der Waals surface area contributed by atoms with Crippen LogP contribution in [0.5, 0.6) is 0 Å². The van der Waals surface area contributed by atoms with Crippen LogP contribution in [0.4, 0.5) is 11.4 Å². The van der Waals surface area contributed by atoms with Crippen molar-refractivity contribution < 1.29 is 33.9 Å². The van der Waals surface area contributed by atoms with Gasteiger partial charge < -0.3 is 41.9 Å². The topological polar surface area (TPSA) is 234 Å². The van der Waals surface area contributed by atoms with Gasteiger partial charge in [-0.25, -0.2) is 5.53 Å². The highest BCUT2D eigenvalue weighted by Crippen LogP contribution is 2.38. The summed E-state index contributed by atoms with van der Waals surface area (Å²) < 4.78 is 0. The van der Waals surface area contributed by atoms with Crippen molar-refractivity contribution in [2.24, 2.45) is 11.0 Å². The molecule has 6 amide bonds. The average molecular weight is 796 g/mol. The zero-order chi connectivity index (χ0) is 42.4. The fraction of sp³-hybridized carbons (Fsp3) is 0.381. The zero-order valence-corrected chi connectivity index (χ0v) is 33.5. The van der Waals surface area contributed by atoms with Crippen LogP contribution in [0.2, 0.25) is 0 Å². The Morgan fingerprint density at radius 1 is 0.776 bits per heavy atom. The van der Waals surface area contributed by atoms with Crippen molar-refractivity contribution in [3.8, 4) is 0 Å². The van der Waals surface area contributed by atoms with Gasteiger partial charge in [-0.1, -0.05) is 75.4 Å². The normalized spacial score (nSPS) is 14.9. The molecule has 16 nitrogen and oxygen atoms in total. The average Bonchev–Trinajstić information content (AvgIpc) is 3.21. The number of amides is 6. The number of nitrogens with one attached hydrogen (secondary N) is 7. The first-order chi connectivity index (χ1) is 27.8. The van der Waals surface area contributed by atoms with Crippen LogP contribution in [-0.4, -0.2) is 71.8 Å². The van der Waals surface area contributed by atoms with Gasteiger partial charge in [0.25, 0.3) is 0 Å². The Balaban J connectivity index is 1.28. The Labute approximate surface area is 338 Å². The number of aliphatic hydroxyl groups excluding tert-OH is 1. The third kappa shape index (κ3) is 12.0. The molecule has 0 saturated carbocycles. The smallest absolute Gasteiger partial charge is 0.246 e. The highest BCUT2D eigenvalue weighted by Gasteiger charge is 2.29. The summed E-state index contributed by atoms with van der Waals surface area (Å²) in [6.45, 7) is 8.19.